The summed E-state index contributed by atoms with van der Waals surface area (Å²) in [7, 11) is 0. The minimum absolute atomic E-state index is 0.00788. The smallest absolute Gasteiger partial charge is 0.316 e. The third-order valence-corrected chi connectivity index (χ3v) is 4.35. The number of piperidine rings is 1. The largest absolute Gasteiger partial charge is 0.460 e. The van der Waals surface area contributed by atoms with Crippen molar-refractivity contribution < 1.29 is 9.53 Å². The van der Waals surface area contributed by atoms with Gasteiger partial charge in [0.2, 0.25) is 0 Å². The molecule has 1 fully saturated rings. The monoisotopic (exact) mass is 336 g/mol. The van der Waals surface area contributed by atoms with Crippen LogP contribution < -0.4 is 4.74 Å². The van der Waals surface area contributed by atoms with Crippen LogP contribution in [0.4, 0.5) is 0 Å². The van der Waals surface area contributed by atoms with Gasteiger partial charge in [0.05, 0.1) is 11.6 Å². The van der Waals surface area contributed by atoms with E-state index in [0.717, 1.165) is 24.8 Å². The average molecular weight is 336 g/mol. The zero-order chi connectivity index (χ0) is 17.6. The van der Waals surface area contributed by atoms with E-state index in [2.05, 4.69) is 23.0 Å². The van der Waals surface area contributed by atoms with Gasteiger partial charge in [-0.2, -0.15) is 5.26 Å². The Labute approximate surface area is 147 Å². The maximum absolute atomic E-state index is 12.5. The maximum Gasteiger partial charge on any atom is 0.316 e. The fourth-order valence-electron chi connectivity index (χ4n) is 2.78. The van der Waals surface area contributed by atoms with Crippen molar-refractivity contribution in [2.75, 3.05) is 13.1 Å². The van der Waals surface area contributed by atoms with Crippen LogP contribution in [0.2, 0.25) is 0 Å². The lowest BCUT2D eigenvalue weighted by molar-refractivity contribution is 0.0578. The summed E-state index contributed by atoms with van der Waals surface area (Å²) < 4.78 is 5.82. The van der Waals surface area contributed by atoms with Gasteiger partial charge in [0, 0.05) is 43.9 Å². The number of hydrogen-bond donors (Lipinski definition) is 0. The van der Waals surface area contributed by atoms with Gasteiger partial charge >= 0.3 is 6.01 Å². The molecule has 0 spiro atoms. The highest BCUT2D eigenvalue weighted by molar-refractivity contribution is 5.94. The van der Waals surface area contributed by atoms with Crippen LogP contribution in [0.1, 0.15) is 41.3 Å². The predicted octanol–water partition coefficient (Wildman–Crippen LogP) is 2.59. The number of nitrogens with zero attached hydrogens (tertiary/aromatic N) is 4. The zero-order valence-electron chi connectivity index (χ0n) is 14.2. The molecular weight excluding hydrogens is 316 g/mol. The average Bonchev–Trinajstić information content (AvgIpc) is 2.69. The van der Waals surface area contributed by atoms with E-state index in [-0.39, 0.29) is 12.0 Å². The molecule has 25 heavy (non-hydrogen) atoms. The van der Waals surface area contributed by atoms with Crippen molar-refractivity contribution in [2.24, 2.45) is 0 Å². The van der Waals surface area contributed by atoms with E-state index in [1.807, 2.05) is 4.90 Å². The Bertz CT molecular complexity index is 758. The van der Waals surface area contributed by atoms with Crippen molar-refractivity contribution >= 4 is 5.91 Å². The molecule has 0 unspecified atom stereocenters. The van der Waals surface area contributed by atoms with Gasteiger partial charge in [-0.1, -0.05) is 6.92 Å². The Morgan fingerprint density at radius 2 is 1.88 bits per heavy atom. The van der Waals surface area contributed by atoms with Crippen LogP contribution >= 0.6 is 0 Å². The summed E-state index contributed by atoms with van der Waals surface area (Å²) in [5.41, 5.74) is 2.24. The molecule has 1 saturated heterocycles. The van der Waals surface area contributed by atoms with E-state index in [4.69, 9.17) is 10.00 Å². The lowest BCUT2D eigenvalue weighted by atomic mass is 10.1. The van der Waals surface area contributed by atoms with E-state index in [0.29, 0.717) is 30.2 Å². The minimum Gasteiger partial charge on any atom is -0.460 e. The number of aryl methyl sites for hydroxylation is 1. The number of aromatic nitrogens is 2. The van der Waals surface area contributed by atoms with Crippen molar-refractivity contribution in [3.63, 3.8) is 0 Å². The van der Waals surface area contributed by atoms with Crippen molar-refractivity contribution in [2.45, 2.75) is 32.3 Å². The standard InChI is InChI=1S/C19H20N4O2/c1-2-14-12-21-19(22-13-14)25-17-7-9-23(10-8-17)18(24)16-5-3-15(11-20)4-6-16/h3-6,12-13,17H,2,7-10H2,1H3. The normalized spacial score (nSPS) is 14.8. The molecular formula is C19H20N4O2. The first-order valence-electron chi connectivity index (χ1n) is 8.46. The van der Waals surface area contributed by atoms with E-state index >= 15 is 0 Å². The fraction of sp³-hybridized carbons (Fsp3) is 0.368. The van der Waals surface area contributed by atoms with Crippen LogP contribution in [-0.4, -0.2) is 40.0 Å². The highest BCUT2D eigenvalue weighted by Crippen LogP contribution is 2.18. The van der Waals surface area contributed by atoms with Gasteiger partial charge in [-0.15, -0.1) is 0 Å². The topological polar surface area (TPSA) is 79.1 Å². The van der Waals surface area contributed by atoms with Gasteiger partial charge in [0.1, 0.15) is 6.10 Å². The molecule has 6 heteroatoms. The second-order valence-corrected chi connectivity index (χ2v) is 6.03. The third kappa shape index (κ3) is 4.13. The van der Waals surface area contributed by atoms with Crippen molar-refractivity contribution in [1.82, 2.24) is 14.9 Å². The second-order valence-electron chi connectivity index (χ2n) is 6.03. The molecule has 0 N–H and O–H groups in total. The first-order chi connectivity index (χ1) is 12.2. The van der Waals surface area contributed by atoms with E-state index in [1.165, 1.54) is 0 Å². The summed E-state index contributed by atoms with van der Waals surface area (Å²) in [6.07, 6.45) is 5.99. The number of carbonyl (C=O) groups is 1. The highest BCUT2D eigenvalue weighted by Gasteiger charge is 2.25. The molecule has 1 aromatic carbocycles. The Morgan fingerprint density at radius 3 is 2.44 bits per heavy atom. The van der Waals surface area contributed by atoms with E-state index in [9.17, 15) is 4.79 Å². The number of carbonyl (C=O) groups excluding carboxylic acids is 1. The lowest BCUT2D eigenvalue weighted by Gasteiger charge is -2.31. The third-order valence-electron chi connectivity index (χ3n) is 4.35. The van der Waals surface area contributed by atoms with Gasteiger partial charge in [-0.25, -0.2) is 9.97 Å². The number of amides is 1. The summed E-state index contributed by atoms with van der Waals surface area (Å²) in [6, 6.07) is 9.19. The van der Waals surface area contributed by atoms with Crippen LogP contribution in [0.25, 0.3) is 0 Å². The number of likely N-dealkylation sites (tertiary alicyclic amines) is 1. The Balaban J connectivity index is 1.53. The summed E-state index contributed by atoms with van der Waals surface area (Å²) in [5, 5.41) is 8.83. The Morgan fingerprint density at radius 1 is 1.24 bits per heavy atom. The summed E-state index contributed by atoms with van der Waals surface area (Å²) in [5.74, 6) is -0.00788. The second kappa shape index (κ2) is 7.75. The molecule has 0 bridgehead atoms. The molecule has 2 heterocycles. The summed E-state index contributed by atoms with van der Waals surface area (Å²) >= 11 is 0. The minimum atomic E-state index is -0.00788. The van der Waals surface area contributed by atoms with Crippen LogP contribution in [-0.2, 0) is 6.42 Å². The summed E-state index contributed by atoms with van der Waals surface area (Å²) in [4.78, 5) is 22.8. The summed E-state index contributed by atoms with van der Waals surface area (Å²) in [6.45, 7) is 3.33. The first kappa shape index (κ1) is 16.9. The van der Waals surface area contributed by atoms with Crippen molar-refractivity contribution in [3.05, 3.63) is 53.3 Å². The van der Waals surface area contributed by atoms with Crippen LogP contribution in [0.15, 0.2) is 36.7 Å². The van der Waals surface area contributed by atoms with Crippen molar-refractivity contribution in [3.8, 4) is 12.1 Å². The van der Waals surface area contributed by atoms with E-state index < -0.39 is 0 Å². The molecule has 1 aliphatic heterocycles. The van der Waals surface area contributed by atoms with Gasteiger partial charge < -0.3 is 9.64 Å². The molecule has 1 aromatic heterocycles. The molecule has 1 aliphatic rings. The maximum atomic E-state index is 12.5. The van der Waals surface area contributed by atoms with Gasteiger partial charge in [-0.05, 0) is 36.2 Å². The SMILES string of the molecule is CCc1cnc(OC2CCN(C(=O)c3ccc(C#N)cc3)CC2)nc1. The van der Waals surface area contributed by atoms with Crippen LogP contribution in [0.3, 0.4) is 0 Å². The van der Waals surface area contributed by atoms with Gasteiger partial charge in [-0.3, -0.25) is 4.79 Å². The lowest BCUT2D eigenvalue weighted by Crippen LogP contribution is -2.41. The first-order valence-corrected chi connectivity index (χ1v) is 8.46. The van der Waals surface area contributed by atoms with E-state index in [1.54, 1.807) is 36.7 Å². The zero-order valence-corrected chi connectivity index (χ0v) is 14.2. The van der Waals surface area contributed by atoms with Gasteiger partial charge in [0.15, 0.2) is 0 Å². The molecule has 2 aromatic rings. The molecule has 3 rings (SSSR count). The predicted molar refractivity (Wildman–Crippen MR) is 92.1 cm³/mol. The molecule has 6 nitrogen and oxygen atoms in total. The van der Waals surface area contributed by atoms with Crippen molar-refractivity contribution in [1.29, 1.82) is 5.26 Å². The molecule has 0 saturated carbocycles. The fourth-order valence-corrected chi connectivity index (χ4v) is 2.78. The highest BCUT2D eigenvalue weighted by atomic mass is 16.5. The van der Waals surface area contributed by atoms with Crippen LogP contribution in [0.5, 0.6) is 6.01 Å². The number of rotatable bonds is 4. The Hall–Kier alpha value is -2.94. The number of nitriles is 1. The molecule has 0 aliphatic carbocycles. The molecule has 0 atom stereocenters. The van der Waals surface area contributed by atoms with Crippen LogP contribution in [0, 0.1) is 11.3 Å². The Kier molecular flexibility index (Phi) is 5.24. The number of hydrogen-bond acceptors (Lipinski definition) is 5. The molecule has 1 amide bonds. The molecule has 0 radical (unpaired) electrons. The molecule has 128 valence electrons. The van der Waals surface area contributed by atoms with Gasteiger partial charge in [0.25, 0.3) is 5.91 Å². The number of ether oxygens (including phenoxy) is 1. The quantitative estimate of drug-likeness (QED) is 0.857. The number of benzene rings is 1.